The maximum absolute atomic E-state index is 11.3. The molecule has 0 radical (unpaired) electrons. The quantitative estimate of drug-likeness (QED) is 0.680. The van der Waals surface area contributed by atoms with Crippen LogP contribution in [0, 0.1) is 0 Å². The van der Waals surface area contributed by atoms with Gasteiger partial charge in [0.1, 0.15) is 11.4 Å². The minimum absolute atomic E-state index is 0.107. The summed E-state index contributed by atoms with van der Waals surface area (Å²) in [5, 5.41) is 9.15. The molecule has 2 rings (SSSR count). The Morgan fingerprint density at radius 3 is 3.00 bits per heavy atom. The highest BCUT2D eigenvalue weighted by Crippen LogP contribution is 2.27. The number of amidine groups is 1. The standard InChI is InChI=1S/C10H10N2O3/c1-10(9(14)15)6-8(13)11-7-4-2-3-5-12(7)10/h2-5H,6H2,1H3,(H,14,15). The Morgan fingerprint density at radius 2 is 2.33 bits per heavy atom. The van der Waals surface area contributed by atoms with Crippen LogP contribution in [0.3, 0.4) is 0 Å². The predicted molar refractivity (Wildman–Crippen MR) is 53.2 cm³/mol. The second-order valence-electron chi connectivity index (χ2n) is 3.69. The van der Waals surface area contributed by atoms with Gasteiger partial charge in [-0.2, -0.15) is 4.99 Å². The van der Waals surface area contributed by atoms with E-state index in [1.807, 2.05) is 0 Å². The van der Waals surface area contributed by atoms with E-state index in [9.17, 15) is 9.59 Å². The highest BCUT2D eigenvalue weighted by atomic mass is 16.4. The summed E-state index contributed by atoms with van der Waals surface area (Å²) in [5.41, 5.74) is -1.23. The van der Waals surface area contributed by atoms with Crippen LogP contribution in [0.15, 0.2) is 29.4 Å². The molecule has 0 aromatic rings. The van der Waals surface area contributed by atoms with Crippen molar-refractivity contribution >= 4 is 17.7 Å². The molecular weight excluding hydrogens is 196 g/mol. The molecule has 0 saturated heterocycles. The van der Waals surface area contributed by atoms with Crippen LogP contribution in [-0.2, 0) is 9.59 Å². The molecule has 0 saturated carbocycles. The molecular formula is C10H10N2O3. The van der Waals surface area contributed by atoms with E-state index in [1.165, 1.54) is 11.8 Å². The van der Waals surface area contributed by atoms with Gasteiger partial charge in [0.05, 0.1) is 6.42 Å². The van der Waals surface area contributed by atoms with E-state index in [0.717, 1.165) is 0 Å². The molecule has 1 unspecified atom stereocenters. The molecule has 0 aromatic carbocycles. The molecule has 5 nitrogen and oxygen atoms in total. The molecule has 0 bridgehead atoms. The summed E-state index contributed by atoms with van der Waals surface area (Å²) in [5.74, 6) is -1.03. The van der Waals surface area contributed by atoms with Crippen LogP contribution >= 0.6 is 0 Å². The third kappa shape index (κ3) is 1.36. The lowest BCUT2D eigenvalue weighted by Gasteiger charge is -2.39. The number of aliphatic carboxylic acids is 1. The molecule has 78 valence electrons. The third-order valence-corrected chi connectivity index (χ3v) is 2.57. The zero-order valence-electron chi connectivity index (χ0n) is 8.17. The Bertz CT molecular complexity index is 422. The second kappa shape index (κ2) is 3.05. The molecule has 0 aliphatic carbocycles. The lowest BCUT2D eigenvalue weighted by Crippen LogP contribution is -2.56. The summed E-state index contributed by atoms with van der Waals surface area (Å²) >= 11 is 0. The largest absolute Gasteiger partial charge is 0.479 e. The van der Waals surface area contributed by atoms with Crippen molar-refractivity contribution in [3.8, 4) is 0 Å². The number of aliphatic imine (C=N–C) groups is 1. The molecule has 1 amide bonds. The van der Waals surface area contributed by atoms with Crippen LogP contribution < -0.4 is 0 Å². The van der Waals surface area contributed by atoms with E-state index in [-0.39, 0.29) is 6.42 Å². The van der Waals surface area contributed by atoms with Crippen LogP contribution in [0.4, 0.5) is 0 Å². The first-order valence-corrected chi connectivity index (χ1v) is 4.53. The van der Waals surface area contributed by atoms with Crippen molar-refractivity contribution < 1.29 is 14.7 Å². The van der Waals surface area contributed by atoms with Gasteiger partial charge in [0, 0.05) is 6.20 Å². The molecule has 0 fully saturated rings. The Balaban J connectivity index is 2.50. The van der Waals surface area contributed by atoms with E-state index in [1.54, 1.807) is 24.4 Å². The molecule has 2 aliphatic heterocycles. The summed E-state index contributed by atoms with van der Waals surface area (Å²) in [7, 11) is 0. The molecule has 5 heteroatoms. The van der Waals surface area contributed by atoms with Crippen molar-refractivity contribution in [1.82, 2.24) is 4.90 Å². The van der Waals surface area contributed by atoms with E-state index in [2.05, 4.69) is 4.99 Å². The van der Waals surface area contributed by atoms with Crippen LogP contribution in [-0.4, -0.2) is 33.3 Å². The second-order valence-corrected chi connectivity index (χ2v) is 3.69. The molecule has 1 N–H and O–H groups in total. The van der Waals surface area contributed by atoms with Crippen molar-refractivity contribution in [2.45, 2.75) is 18.9 Å². The van der Waals surface area contributed by atoms with Gasteiger partial charge >= 0.3 is 5.97 Å². The number of rotatable bonds is 1. The SMILES string of the molecule is CC1(C(=O)O)CC(=O)N=C2C=CC=CN21. The number of nitrogens with zero attached hydrogens (tertiary/aromatic N) is 2. The molecule has 1 atom stereocenters. The number of carboxylic acid groups (broad SMARTS) is 1. The van der Waals surface area contributed by atoms with Crippen molar-refractivity contribution in [3.05, 3.63) is 24.4 Å². The lowest BCUT2D eigenvalue weighted by molar-refractivity contribution is -0.149. The van der Waals surface area contributed by atoms with Crippen molar-refractivity contribution in [3.63, 3.8) is 0 Å². The van der Waals surface area contributed by atoms with E-state index in [4.69, 9.17) is 5.11 Å². The van der Waals surface area contributed by atoms with Gasteiger partial charge in [-0.1, -0.05) is 6.08 Å². The number of hydrogen-bond acceptors (Lipinski definition) is 3. The first-order valence-electron chi connectivity index (χ1n) is 4.53. The monoisotopic (exact) mass is 206 g/mol. The molecule has 2 heterocycles. The fraction of sp³-hybridized carbons (Fsp3) is 0.300. The van der Waals surface area contributed by atoms with Crippen LogP contribution in [0.5, 0.6) is 0 Å². The summed E-state index contributed by atoms with van der Waals surface area (Å²) in [6.07, 6.45) is 6.58. The number of fused-ring (bicyclic) bond motifs is 1. The van der Waals surface area contributed by atoms with Crippen LogP contribution in [0.25, 0.3) is 0 Å². The van der Waals surface area contributed by atoms with Gasteiger partial charge in [0.25, 0.3) is 5.91 Å². The van der Waals surface area contributed by atoms with Gasteiger partial charge in [-0.05, 0) is 19.1 Å². The average molecular weight is 206 g/mol. The Morgan fingerprint density at radius 1 is 1.60 bits per heavy atom. The van der Waals surface area contributed by atoms with E-state index in [0.29, 0.717) is 5.84 Å². The Hall–Kier alpha value is -1.91. The first kappa shape index (κ1) is 9.64. The Labute approximate surface area is 86.4 Å². The minimum atomic E-state index is -1.23. The zero-order chi connectivity index (χ0) is 11.1. The molecule has 2 aliphatic rings. The maximum Gasteiger partial charge on any atom is 0.330 e. The smallest absolute Gasteiger partial charge is 0.330 e. The minimum Gasteiger partial charge on any atom is -0.479 e. The summed E-state index contributed by atoms with van der Waals surface area (Å²) in [6.45, 7) is 1.52. The van der Waals surface area contributed by atoms with Crippen molar-refractivity contribution in [2.24, 2.45) is 4.99 Å². The number of hydrogen-bond donors (Lipinski definition) is 1. The van der Waals surface area contributed by atoms with E-state index >= 15 is 0 Å². The van der Waals surface area contributed by atoms with Crippen molar-refractivity contribution in [1.29, 1.82) is 0 Å². The highest BCUT2D eigenvalue weighted by molar-refractivity contribution is 6.08. The first-order chi connectivity index (χ1) is 7.04. The number of carbonyl (C=O) groups is 2. The third-order valence-electron chi connectivity index (χ3n) is 2.57. The topological polar surface area (TPSA) is 70.0 Å². The van der Waals surface area contributed by atoms with Gasteiger partial charge in [-0.25, -0.2) is 4.79 Å². The zero-order valence-corrected chi connectivity index (χ0v) is 8.17. The van der Waals surface area contributed by atoms with Crippen LogP contribution in [0.1, 0.15) is 13.3 Å². The number of carboxylic acids is 1. The summed E-state index contributed by atoms with van der Waals surface area (Å²) < 4.78 is 0. The normalized spacial score (nSPS) is 28.7. The Kier molecular flexibility index (Phi) is 1.96. The highest BCUT2D eigenvalue weighted by Gasteiger charge is 2.45. The fourth-order valence-electron chi connectivity index (χ4n) is 1.67. The molecule has 0 aromatic heterocycles. The molecule has 15 heavy (non-hydrogen) atoms. The van der Waals surface area contributed by atoms with Crippen LogP contribution in [0.2, 0.25) is 0 Å². The molecule has 0 spiro atoms. The van der Waals surface area contributed by atoms with Gasteiger partial charge in [0.2, 0.25) is 0 Å². The van der Waals surface area contributed by atoms with Gasteiger partial charge in [-0.15, -0.1) is 0 Å². The fourth-order valence-corrected chi connectivity index (χ4v) is 1.67. The maximum atomic E-state index is 11.3. The van der Waals surface area contributed by atoms with Crippen molar-refractivity contribution in [2.75, 3.05) is 0 Å². The number of carbonyl (C=O) groups excluding carboxylic acids is 1. The van der Waals surface area contributed by atoms with E-state index < -0.39 is 17.4 Å². The average Bonchev–Trinajstić information content (AvgIpc) is 2.17. The number of amides is 1. The van der Waals surface area contributed by atoms with Gasteiger partial charge < -0.3 is 10.0 Å². The number of allylic oxidation sites excluding steroid dienone is 2. The summed E-state index contributed by atoms with van der Waals surface area (Å²) in [4.78, 5) is 27.8. The van der Waals surface area contributed by atoms with Gasteiger partial charge in [0.15, 0.2) is 0 Å². The lowest BCUT2D eigenvalue weighted by atomic mass is 9.92. The van der Waals surface area contributed by atoms with Gasteiger partial charge in [-0.3, -0.25) is 4.79 Å². The predicted octanol–water partition coefficient (Wildman–Crippen LogP) is 0.544. The summed E-state index contributed by atoms with van der Waals surface area (Å²) in [6, 6.07) is 0.